The number of benzene rings is 1. The van der Waals surface area contributed by atoms with Crippen LogP contribution in [0.5, 0.6) is 0 Å². The van der Waals surface area contributed by atoms with Crippen LogP contribution in [-0.4, -0.2) is 85.2 Å². The topological polar surface area (TPSA) is 68.7 Å². The van der Waals surface area contributed by atoms with Gasteiger partial charge in [-0.05, 0) is 31.0 Å². The van der Waals surface area contributed by atoms with Gasteiger partial charge in [0.2, 0.25) is 5.96 Å². The lowest BCUT2D eigenvalue weighted by molar-refractivity contribution is -0.137. The first-order valence-electron chi connectivity index (χ1n) is 9.20. The Labute approximate surface area is 159 Å². The molecule has 8 nitrogen and oxygen atoms in total. The smallest absolute Gasteiger partial charge is 0.328 e. The number of hydrogen-bond acceptors (Lipinski definition) is 6. The van der Waals surface area contributed by atoms with Gasteiger partial charge in [-0.1, -0.05) is 12.1 Å². The van der Waals surface area contributed by atoms with Gasteiger partial charge in [0, 0.05) is 32.9 Å². The van der Waals surface area contributed by atoms with Crippen molar-refractivity contribution >= 4 is 23.6 Å². The molecule has 3 aliphatic rings. The van der Waals surface area contributed by atoms with Gasteiger partial charge >= 0.3 is 6.03 Å². The number of carbonyl (C=O) groups is 2. The Kier molecular flexibility index (Phi) is 4.30. The van der Waals surface area contributed by atoms with Crippen molar-refractivity contribution in [3.63, 3.8) is 0 Å². The molecular weight excluding hydrogens is 346 g/mol. The van der Waals surface area contributed by atoms with E-state index in [0.29, 0.717) is 13.2 Å². The SMILES string of the molecule is COCCN1C(=O)C2C(N=C3N(c4cc(C)ccc4C)CCN32)N(C)C1=O. The lowest BCUT2D eigenvalue weighted by Crippen LogP contribution is -2.65. The number of carbonyl (C=O) groups excluding carboxylic acids is 2. The van der Waals surface area contributed by atoms with E-state index in [9.17, 15) is 9.59 Å². The number of ether oxygens (including phenoxy) is 1. The second-order valence-electron chi connectivity index (χ2n) is 7.30. The molecule has 3 heterocycles. The molecule has 0 radical (unpaired) electrons. The molecule has 27 heavy (non-hydrogen) atoms. The molecule has 2 saturated heterocycles. The van der Waals surface area contributed by atoms with Crippen molar-refractivity contribution < 1.29 is 14.3 Å². The summed E-state index contributed by atoms with van der Waals surface area (Å²) < 4.78 is 5.06. The van der Waals surface area contributed by atoms with Gasteiger partial charge in [-0.25, -0.2) is 9.79 Å². The van der Waals surface area contributed by atoms with Crippen molar-refractivity contribution in [2.24, 2.45) is 4.99 Å². The molecule has 3 aliphatic heterocycles. The molecule has 0 aliphatic carbocycles. The van der Waals surface area contributed by atoms with Gasteiger partial charge < -0.3 is 19.4 Å². The molecule has 0 saturated carbocycles. The van der Waals surface area contributed by atoms with E-state index in [1.54, 1.807) is 19.1 Å². The number of hydrogen-bond donors (Lipinski definition) is 0. The maximum Gasteiger partial charge on any atom is 0.328 e. The van der Waals surface area contributed by atoms with Gasteiger partial charge in [-0.3, -0.25) is 9.69 Å². The lowest BCUT2D eigenvalue weighted by Gasteiger charge is -2.40. The first kappa shape index (κ1) is 17.8. The Morgan fingerprint density at radius 2 is 2.00 bits per heavy atom. The van der Waals surface area contributed by atoms with Gasteiger partial charge in [0.1, 0.15) is 0 Å². The quantitative estimate of drug-likeness (QED) is 0.791. The van der Waals surface area contributed by atoms with E-state index in [1.807, 2.05) is 4.90 Å². The molecule has 3 amide bonds. The van der Waals surface area contributed by atoms with Crippen molar-refractivity contribution in [3.8, 4) is 0 Å². The molecule has 8 heteroatoms. The van der Waals surface area contributed by atoms with Crippen molar-refractivity contribution in [2.75, 3.05) is 45.3 Å². The van der Waals surface area contributed by atoms with E-state index in [-0.39, 0.29) is 18.5 Å². The highest BCUT2D eigenvalue weighted by Gasteiger charge is 2.54. The number of urea groups is 1. The van der Waals surface area contributed by atoms with Crippen molar-refractivity contribution in [1.82, 2.24) is 14.7 Å². The highest BCUT2D eigenvalue weighted by Crippen LogP contribution is 2.34. The number of fused-ring (bicyclic) bond motifs is 3. The summed E-state index contributed by atoms with van der Waals surface area (Å²) in [5.74, 6) is 0.585. The first-order valence-corrected chi connectivity index (χ1v) is 9.20. The Hall–Kier alpha value is -2.61. The van der Waals surface area contributed by atoms with Gasteiger partial charge in [-0.15, -0.1) is 0 Å². The molecule has 2 fully saturated rings. The standard InChI is InChI=1S/C19H25N5O3/c1-12-5-6-13(2)14(11-12)22-7-8-23-15-16(20-18(22)23)21(3)19(26)24(17(15)25)9-10-27-4/h5-6,11,15-16H,7-10H2,1-4H3. The number of nitrogens with zero attached hydrogens (tertiary/aromatic N) is 5. The fraction of sp³-hybridized carbons (Fsp3) is 0.526. The molecule has 2 atom stereocenters. The number of guanidine groups is 1. The zero-order chi connectivity index (χ0) is 19.3. The van der Waals surface area contributed by atoms with Gasteiger partial charge in [-0.2, -0.15) is 0 Å². The number of anilines is 1. The summed E-state index contributed by atoms with van der Waals surface area (Å²) in [5.41, 5.74) is 3.45. The monoisotopic (exact) mass is 371 g/mol. The third-order valence-electron chi connectivity index (χ3n) is 5.55. The third-order valence-corrected chi connectivity index (χ3v) is 5.55. The fourth-order valence-electron chi connectivity index (χ4n) is 4.06. The van der Waals surface area contributed by atoms with E-state index in [4.69, 9.17) is 9.73 Å². The van der Waals surface area contributed by atoms with Gasteiger partial charge in [0.25, 0.3) is 5.91 Å². The van der Waals surface area contributed by atoms with Crippen LogP contribution in [0.2, 0.25) is 0 Å². The summed E-state index contributed by atoms with van der Waals surface area (Å²) in [6.45, 7) is 6.20. The summed E-state index contributed by atoms with van der Waals surface area (Å²) >= 11 is 0. The largest absolute Gasteiger partial charge is 0.383 e. The number of imide groups is 1. The number of aliphatic imine (C=N–C) groups is 1. The predicted molar refractivity (Wildman–Crippen MR) is 102 cm³/mol. The average Bonchev–Trinajstić information content (AvgIpc) is 3.21. The second-order valence-corrected chi connectivity index (χ2v) is 7.30. The van der Waals surface area contributed by atoms with Crippen LogP contribution in [0, 0.1) is 13.8 Å². The van der Waals surface area contributed by atoms with Crippen LogP contribution < -0.4 is 4.90 Å². The van der Waals surface area contributed by atoms with Crippen LogP contribution in [0.3, 0.4) is 0 Å². The van der Waals surface area contributed by atoms with Crippen LogP contribution in [-0.2, 0) is 9.53 Å². The van der Waals surface area contributed by atoms with Crippen molar-refractivity contribution in [1.29, 1.82) is 0 Å². The molecule has 0 spiro atoms. The Balaban J connectivity index is 1.66. The van der Waals surface area contributed by atoms with Gasteiger partial charge in [0.05, 0.1) is 13.2 Å². The van der Waals surface area contributed by atoms with Crippen LogP contribution in [0.15, 0.2) is 23.2 Å². The zero-order valence-electron chi connectivity index (χ0n) is 16.2. The van der Waals surface area contributed by atoms with Crippen molar-refractivity contribution in [2.45, 2.75) is 26.1 Å². The first-order chi connectivity index (χ1) is 12.9. The second kappa shape index (κ2) is 6.53. The number of likely N-dealkylation sites (N-methyl/N-ethyl adjacent to an activating group) is 1. The number of methoxy groups -OCH3 is 1. The van der Waals surface area contributed by atoms with E-state index >= 15 is 0 Å². The van der Waals surface area contributed by atoms with Crippen LogP contribution in [0.4, 0.5) is 10.5 Å². The minimum atomic E-state index is -0.480. The molecule has 0 N–H and O–H groups in total. The average molecular weight is 371 g/mol. The number of rotatable bonds is 4. The van der Waals surface area contributed by atoms with E-state index in [1.165, 1.54) is 10.5 Å². The molecule has 1 aromatic carbocycles. The molecular formula is C19H25N5O3. The third kappa shape index (κ3) is 2.66. The van der Waals surface area contributed by atoms with E-state index in [2.05, 4.69) is 36.9 Å². The van der Waals surface area contributed by atoms with Crippen molar-refractivity contribution in [3.05, 3.63) is 29.3 Å². The zero-order valence-corrected chi connectivity index (χ0v) is 16.2. The van der Waals surface area contributed by atoms with E-state index in [0.717, 1.165) is 23.8 Å². The molecule has 4 rings (SSSR count). The van der Waals surface area contributed by atoms with Crippen LogP contribution >= 0.6 is 0 Å². The summed E-state index contributed by atoms with van der Waals surface area (Å²) in [6, 6.07) is 5.55. The maximum absolute atomic E-state index is 13.1. The fourth-order valence-corrected chi connectivity index (χ4v) is 4.06. The molecule has 0 aromatic heterocycles. The lowest BCUT2D eigenvalue weighted by atomic mass is 10.1. The van der Waals surface area contributed by atoms with Crippen LogP contribution in [0.1, 0.15) is 11.1 Å². The summed E-state index contributed by atoms with van der Waals surface area (Å²) in [6.07, 6.45) is -0.480. The molecule has 2 unspecified atom stereocenters. The maximum atomic E-state index is 13.1. The minimum absolute atomic E-state index is 0.193. The highest BCUT2D eigenvalue weighted by atomic mass is 16.5. The Morgan fingerprint density at radius 1 is 1.22 bits per heavy atom. The number of aryl methyl sites for hydroxylation is 2. The van der Waals surface area contributed by atoms with Gasteiger partial charge in [0.15, 0.2) is 12.2 Å². The van der Waals surface area contributed by atoms with Crippen LogP contribution in [0.25, 0.3) is 0 Å². The summed E-state index contributed by atoms with van der Waals surface area (Å²) in [5, 5.41) is 0. The Bertz CT molecular complexity index is 824. The van der Waals surface area contributed by atoms with E-state index < -0.39 is 12.2 Å². The molecule has 1 aromatic rings. The Morgan fingerprint density at radius 3 is 2.74 bits per heavy atom. The summed E-state index contributed by atoms with van der Waals surface area (Å²) in [4.78, 5) is 37.5. The molecule has 0 bridgehead atoms. The number of amides is 3. The highest BCUT2D eigenvalue weighted by molar-refractivity contribution is 6.08. The molecule has 144 valence electrons. The predicted octanol–water partition coefficient (Wildman–Crippen LogP) is 1.03. The summed E-state index contributed by atoms with van der Waals surface area (Å²) in [7, 11) is 3.27. The minimum Gasteiger partial charge on any atom is -0.383 e. The normalized spacial score (nSPS) is 24.5.